The van der Waals surface area contributed by atoms with Crippen molar-refractivity contribution in [3.8, 4) is 0 Å². The maximum absolute atomic E-state index is 12.1. The van der Waals surface area contributed by atoms with Crippen LogP contribution in [0.4, 0.5) is 5.69 Å². The van der Waals surface area contributed by atoms with Gasteiger partial charge in [-0.2, -0.15) is 0 Å². The minimum atomic E-state index is -0.0602. The first-order chi connectivity index (χ1) is 11.7. The molecular formula is C18H16N4O2. The predicted molar refractivity (Wildman–Crippen MR) is 91.8 cm³/mol. The highest BCUT2D eigenvalue weighted by molar-refractivity contribution is 5.92. The third-order valence-corrected chi connectivity index (χ3v) is 3.81. The van der Waals surface area contributed by atoms with E-state index in [1.807, 2.05) is 42.5 Å². The second-order valence-corrected chi connectivity index (χ2v) is 5.66. The Labute approximate surface area is 137 Å². The molecule has 120 valence electrons. The maximum atomic E-state index is 12.1. The van der Waals surface area contributed by atoms with Crippen molar-refractivity contribution in [1.29, 1.82) is 0 Å². The van der Waals surface area contributed by atoms with Crippen LogP contribution >= 0.6 is 0 Å². The molecule has 0 fully saturated rings. The molecule has 2 N–H and O–H groups in total. The highest BCUT2D eigenvalue weighted by Gasteiger charge is 2.08. The fourth-order valence-corrected chi connectivity index (χ4v) is 2.70. The lowest BCUT2D eigenvalue weighted by atomic mass is 10.2. The number of imidazole rings is 1. The molecule has 2 aromatic heterocycles. The van der Waals surface area contributed by atoms with Crippen molar-refractivity contribution < 1.29 is 9.21 Å². The van der Waals surface area contributed by atoms with Gasteiger partial charge in [-0.1, -0.05) is 12.1 Å². The van der Waals surface area contributed by atoms with Gasteiger partial charge in [0.2, 0.25) is 5.91 Å². The van der Waals surface area contributed by atoms with E-state index in [1.165, 1.54) is 0 Å². The molecule has 4 aromatic rings. The summed E-state index contributed by atoms with van der Waals surface area (Å²) in [6.07, 6.45) is 0.918. The molecule has 0 aliphatic carbocycles. The van der Waals surface area contributed by atoms with Crippen molar-refractivity contribution in [2.45, 2.75) is 19.8 Å². The number of anilines is 1. The number of fused-ring (bicyclic) bond motifs is 2. The van der Waals surface area contributed by atoms with E-state index in [2.05, 4.69) is 20.3 Å². The number of aromatic amines is 1. The fraction of sp³-hybridized carbons (Fsp3) is 0.167. The van der Waals surface area contributed by atoms with Gasteiger partial charge in [-0.3, -0.25) is 4.79 Å². The summed E-state index contributed by atoms with van der Waals surface area (Å²) in [5, 5.41) is 2.89. The number of H-pyrrole nitrogens is 1. The molecule has 0 saturated heterocycles. The highest BCUT2D eigenvalue weighted by Crippen LogP contribution is 2.20. The van der Waals surface area contributed by atoms with Crippen molar-refractivity contribution in [1.82, 2.24) is 15.0 Å². The first-order valence-electron chi connectivity index (χ1n) is 7.78. The number of amides is 1. The van der Waals surface area contributed by atoms with E-state index >= 15 is 0 Å². The molecule has 6 nitrogen and oxygen atoms in total. The lowest BCUT2D eigenvalue weighted by molar-refractivity contribution is -0.116. The molecule has 0 bridgehead atoms. The number of benzene rings is 2. The zero-order chi connectivity index (χ0) is 16.5. The Balaban J connectivity index is 1.41. The Morgan fingerprint density at radius 3 is 2.92 bits per heavy atom. The summed E-state index contributed by atoms with van der Waals surface area (Å²) in [5.74, 6) is 1.36. The Kier molecular flexibility index (Phi) is 3.49. The number of nitrogens with one attached hydrogen (secondary N) is 2. The van der Waals surface area contributed by atoms with Gasteiger partial charge in [-0.25, -0.2) is 9.97 Å². The van der Waals surface area contributed by atoms with Crippen LogP contribution in [0, 0.1) is 6.92 Å². The molecule has 24 heavy (non-hydrogen) atoms. The van der Waals surface area contributed by atoms with Crippen LogP contribution in [0.3, 0.4) is 0 Å². The molecule has 2 heterocycles. The van der Waals surface area contributed by atoms with Crippen LogP contribution in [0.15, 0.2) is 46.9 Å². The van der Waals surface area contributed by atoms with E-state index in [1.54, 1.807) is 6.92 Å². The van der Waals surface area contributed by atoms with Crippen LogP contribution < -0.4 is 5.32 Å². The molecule has 0 unspecified atom stereocenters. The lowest BCUT2D eigenvalue weighted by Gasteiger charge is -2.04. The van der Waals surface area contributed by atoms with E-state index in [9.17, 15) is 4.79 Å². The van der Waals surface area contributed by atoms with Crippen LogP contribution in [0.1, 0.15) is 18.1 Å². The second kappa shape index (κ2) is 5.81. The minimum Gasteiger partial charge on any atom is -0.441 e. The Morgan fingerprint density at radius 2 is 2.04 bits per heavy atom. The quantitative estimate of drug-likeness (QED) is 0.602. The predicted octanol–water partition coefficient (Wildman–Crippen LogP) is 3.58. The Bertz CT molecular complexity index is 999. The lowest BCUT2D eigenvalue weighted by Crippen LogP contribution is -2.12. The van der Waals surface area contributed by atoms with E-state index < -0.39 is 0 Å². The van der Waals surface area contributed by atoms with Crippen LogP contribution in [-0.4, -0.2) is 20.9 Å². The number of para-hydroxylation sites is 2. The van der Waals surface area contributed by atoms with E-state index in [4.69, 9.17) is 4.42 Å². The van der Waals surface area contributed by atoms with Gasteiger partial charge < -0.3 is 14.7 Å². The third kappa shape index (κ3) is 2.86. The summed E-state index contributed by atoms with van der Waals surface area (Å²) < 4.78 is 5.43. The average molecular weight is 320 g/mol. The first-order valence-corrected chi connectivity index (χ1v) is 7.78. The topological polar surface area (TPSA) is 83.8 Å². The molecule has 6 heteroatoms. The van der Waals surface area contributed by atoms with Gasteiger partial charge in [0, 0.05) is 25.5 Å². The van der Waals surface area contributed by atoms with Crippen molar-refractivity contribution in [3.63, 3.8) is 0 Å². The van der Waals surface area contributed by atoms with E-state index in [0.717, 1.165) is 22.4 Å². The maximum Gasteiger partial charge on any atom is 0.224 e. The summed E-state index contributed by atoms with van der Waals surface area (Å²) in [6.45, 7) is 1.80. The summed E-state index contributed by atoms with van der Waals surface area (Å²) in [7, 11) is 0. The zero-order valence-corrected chi connectivity index (χ0v) is 13.2. The van der Waals surface area contributed by atoms with Crippen molar-refractivity contribution in [3.05, 3.63) is 54.2 Å². The molecule has 2 aromatic carbocycles. The van der Waals surface area contributed by atoms with Gasteiger partial charge in [0.25, 0.3) is 0 Å². The van der Waals surface area contributed by atoms with Crippen LogP contribution in [0.25, 0.3) is 22.1 Å². The van der Waals surface area contributed by atoms with Crippen LogP contribution in [0.5, 0.6) is 0 Å². The third-order valence-electron chi connectivity index (χ3n) is 3.81. The van der Waals surface area contributed by atoms with E-state index in [-0.39, 0.29) is 5.91 Å². The summed E-state index contributed by atoms with van der Waals surface area (Å²) >= 11 is 0. The number of hydrogen-bond donors (Lipinski definition) is 2. The molecule has 0 radical (unpaired) electrons. The molecule has 0 aliphatic rings. The summed E-state index contributed by atoms with van der Waals surface area (Å²) in [5.41, 5.74) is 4.07. The van der Waals surface area contributed by atoms with Crippen LogP contribution in [-0.2, 0) is 11.2 Å². The second-order valence-electron chi connectivity index (χ2n) is 5.66. The van der Waals surface area contributed by atoms with Gasteiger partial charge >= 0.3 is 0 Å². The number of nitrogens with zero attached hydrogens (tertiary/aromatic N) is 2. The number of rotatable bonds is 4. The largest absolute Gasteiger partial charge is 0.441 e. The molecule has 4 rings (SSSR count). The normalized spacial score (nSPS) is 11.2. The summed E-state index contributed by atoms with van der Waals surface area (Å²) in [4.78, 5) is 24.1. The molecule has 0 aliphatic heterocycles. The molecular weight excluding hydrogens is 304 g/mol. The number of carbonyl (C=O) groups excluding carboxylic acids is 1. The number of aromatic nitrogens is 3. The van der Waals surface area contributed by atoms with Crippen LogP contribution in [0.2, 0.25) is 0 Å². The number of carbonyl (C=O) groups is 1. The van der Waals surface area contributed by atoms with E-state index in [0.29, 0.717) is 30.0 Å². The number of oxazole rings is 1. The van der Waals surface area contributed by atoms with Gasteiger partial charge in [0.1, 0.15) is 11.3 Å². The number of aryl methyl sites for hydroxylation is 2. The monoisotopic (exact) mass is 320 g/mol. The molecule has 0 spiro atoms. The zero-order valence-electron chi connectivity index (χ0n) is 13.2. The molecule has 0 atom stereocenters. The van der Waals surface area contributed by atoms with Gasteiger partial charge in [-0.15, -0.1) is 0 Å². The molecule has 1 amide bonds. The number of hydrogen-bond acceptors (Lipinski definition) is 4. The Hall–Kier alpha value is -3.15. The van der Waals surface area contributed by atoms with Gasteiger partial charge in [-0.05, 0) is 30.3 Å². The van der Waals surface area contributed by atoms with Crippen molar-refractivity contribution in [2.75, 3.05) is 5.32 Å². The van der Waals surface area contributed by atoms with Gasteiger partial charge in [0.05, 0.1) is 11.0 Å². The van der Waals surface area contributed by atoms with Gasteiger partial charge in [0.15, 0.2) is 11.5 Å². The Morgan fingerprint density at radius 1 is 1.17 bits per heavy atom. The summed E-state index contributed by atoms with van der Waals surface area (Å²) in [6, 6.07) is 13.3. The standard InChI is InChI=1S/C18H16N4O2/c1-11-19-15-10-12(6-7-16(15)24-11)20-18(23)9-8-17-21-13-4-2-3-5-14(13)22-17/h2-7,10H,8-9H2,1H3,(H,20,23)(H,21,22). The van der Waals surface area contributed by atoms with Crippen molar-refractivity contribution in [2.24, 2.45) is 0 Å². The fourth-order valence-electron chi connectivity index (χ4n) is 2.70. The van der Waals surface area contributed by atoms with Crippen molar-refractivity contribution >= 4 is 33.7 Å². The highest BCUT2D eigenvalue weighted by atomic mass is 16.3. The SMILES string of the molecule is Cc1nc2cc(NC(=O)CCc3nc4ccccc4[nH]3)ccc2o1. The molecule has 0 saturated carbocycles. The smallest absolute Gasteiger partial charge is 0.224 e. The average Bonchev–Trinajstić information content (AvgIpc) is 3.14. The first kappa shape index (κ1) is 14.4. The minimum absolute atomic E-state index is 0.0602.